The van der Waals surface area contributed by atoms with Gasteiger partial charge >= 0.3 is 5.97 Å². The maximum absolute atomic E-state index is 13.6. The normalized spacial score (nSPS) is 10.9. The first kappa shape index (κ1) is 24.5. The Kier molecular flexibility index (Phi) is 6.89. The van der Waals surface area contributed by atoms with E-state index in [-0.39, 0.29) is 28.1 Å². The van der Waals surface area contributed by atoms with Crippen LogP contribution in [0.15, 0.2) is 60.4 Å². The molecule has 1 aromatic carbocycles. The van der Waals surface area contributed by atoms with Gasteiger partial charge in [-0.05, 0) is 49.7 Å². The minimum Gasteiger partial charge on any atom is -0.417 e. The Morgan fingerprint density at radius 2 is 2.03 bits per heavy atom. The Bertz CT molecular complexity index is 1570. The highest BCUT2D eigenvalue weighted by atomic mass is 35.5. The lowest BCUT2D eigenvalue weighted by Gasteiger charge is -2.13. The fraction of sp³-hybridized carbons (Fsp3) is 0.120. The first-order valence-electron chi connectivity index (χ1n) is 11.1. The zero-order chi connectivity index (χ0) is 25.9. The van der Waals surface area contributed by atoms with Gasteiger partial charge in [0.2, 0.25) is 11.8 Å². The molecule has 0 aliphatic carbocycles. The molecule has 5 rings (SSSR count). The summed E-state index contributed by atoms with van der Waals surface area (Å²) in [5, 5.41) is 10.2. The van der Waals surface area contributed by atoms with Gasteiger partial charge in [0.25, 0.3) is 0 Å². The molecule has 0 saturated heterocycles. The van der Waals surface area contributed by atoms with Crippen molar-refractivity contribution >= 4 is 40.5 Å². The van der Waals surface area contributed by atoms with E-state index in [1.165, 1.54) is 41.9 Å². The minimum atomic E-state index is -0.615. The molecule has 0 unspecified atom stereocenters. The Morgan fingerprint density at radius 1 is 1.16 bits per heavy atom. The second-order valence-corrected chi connectivity index (χ2v) is 9.14. The molecule has 0 amide bonds. The van der Waals surface area contributed by atoms with E-state index in [4.69, 9.17) is 16.3 Å². The van der Waals surface area contributed by atoms with Gasteiger partial charge in [0, 0.05) is 34.8 Å². The number of rotatable bonds is 7. The number of hydrogen-bond donors (Lipinski definition) is 1. The van der Waals surface area contributed by atoms with Gasteiger partial charge in [-0.1, -0.05) is 18.5 Å². The number of nitrogens with zero attached hydrogens (tertiary/aromatic N) is 6. The quantitative estimate of drug-likeness (QED) is 0.260. The minimum absolute atomic E-state index is 0.0468. The highest BCUT2D eigenvalue weighted by molar-refractivity contribution is 7.13. The molecule has 0 radical (unpaired) electrons. The summed E-state index contributed by atoms with van der Waals surface area (Å²) in [6, 6.07) is 9.44. The van der Waals surface area contributed by atoms with Crippen LogP contribution in [0.1, 0.15) is 28.7 Å². The molecule has 0 aliphatic rings. The van der Waals surface area contributed by atoms with Gasteiger partial charge in [-0.3, -0.25) is 4.98 Å². The lowest BCUT2D eigenvalue weighted by molar-refractivity contribution is 0.0732. The van der Waals surface area contributed by atoms with Crippen LogP contribution in [0, 0.1) is 12.7 Å². The van der Waals surface area contributed by atoms with Crippen molar-refractivity contribution in [2.45, 2.75) is 20.3 Å². The Hall–Kier alpha value is -4.22. The molecule has 0 aliphatic heterocycles. The van der Waals surface area contributed by atoms with Crippen molar-refractivity contribution in [3.8, 4) is 22.3 Å². The summed E-state index contributed by atoms with van der Waals surface area (Å²) in [6.07, 6.45) is 5.28. The number of anilines is 2. The summed E-state index contributed by atoms with van der Waals surface area (Å²) in [5.74, 6) is -0.686. The third-order valence-electron chi connectivity index (χ3n) is 5.28. The van der Waals surface area contributed by atoms with Crippen molar-refractivity contribution in [3.05, 3.63) is 88.2 Å². The molecule has 4 heterocycles. The second kappa shape index (κ2) is 10.4. The number of carbonyl (C=O) groups excluding carboxylic acids is 1. The van der Waals surface area contributed by atoms with Crippen LogP contribution in [-0.2, 0) is 6.42 Å². The number of ether oxygens (including phenoxy) is 1. The summed E-state index contributed by atoms with van der Waals surface area (Å²) in [4.78, 5) is 30.3. The Labute approximate surface area is 220 Å². The lowest BCUT2D eigenvalue weighted by Crippen LogP contribution is -2.14. The smallest absolute Gasteiger partial charge is 0.345 e. The van der Waals surface area contributed by atoms with E-state index in [1.54, 1.807) is 23.0 Å². The molecule has 0 atom stereocenters. The summed E-state index contributed by atoms with van der Waals surface area (Å²) in [5.41, 5.74) is 2.99. The largest absolute Gasteiger partial charge is 0.417 e. The van der Waals surface area contributed by atoms with Crippen molar-refractivity contribution in [1.82, 2.24) is 29.7 Å². The van der Waals surface area contributed by atoms with E-state index < -0.39 is 11.8 Å². The summed E-state index contributed by atoms with van der Waals surface area (Å²) in [7, 11) is 0. The number of nitrogens with one attached hydrogen (secondary N) is 1. The third kappa shape index (κ3) is 5.32. The van der Waals surface area contributed by atoms with Crippen LogP contribution in [0.25, 0.3) is 16.5 Å². The molecule has 0 bridgehead atoms. The molecule has 0 fully saturated rings. The van der Waals surface area contributed by atoms with Crippen LogP contribution in [0.4, 0.5) is 16.0 Å². The number of esters is 1. The second-order valence-electron chi connectivity index (χ2n) is 7.84. The van der Waals surface area contributed by atoms with Crippen molar-refractivity contribution in [1.29, 1.82) is 0 Å². The number of aromatic nitrogens is 6. The number of halogens is 2. The van der Waals surface area contributed by atoms with E-state index in [0.717, 1.165) is 22.8 Å². The molecule has 12 heteroatoms. The van der Waals surface area contributed by atoms with Gasteiger partial charge in [0.15, 0.2) is 5.75 Å². The molecule has 186 valence electrons. The highest BCUT2D eigenvalue weighted by Gasteiger charge is 2.20. The molecule has 9 nitrogen and oxygen atoms in total. The molecular formula is C25H19ClFN7O2S. The Balaban J connectivity index is 1.53. The predicted octanol–water partition coefficient (Wildman–Crippen LogP) is 5.81. The maximum atomic E-state index is 13.6. The fourth-order valence-electron chi connectivity index (χ4n) is 3.41. The van der Waals surface area contributed by atoms with Crippen LogP contribution in [0.5, 0.6) is 5.75 Å². The zero-order valence-electron chi connectivity index (χ0n) is 19.6. The average molecular weight is 536 g/mol. The first-order chi connectivity index (χ1) is 17.9. The summed E-state index contributed by atoms with van der Waals surface area (Å²) in [6.45, 7) is 3.82. The van der Waals surface area contributed by atoms with Gasteiger partial charge in [-0.2, -0.15) is 10.1 Å². The standard InChI is InChI=1S/C25H19ClFN7O2S/c1-3-16-5-4-15(12-29-16)24(35)36-21-13-30-25(31-17-6-7-19(27)18(26)11-17)32-22(21)34-14(2)10-20(33-34)23-28-8-9-37-23/h4-13H,3H2,1-2H3,(H,30,31,32). The number of carbonyl (C=O) groups is 1. The van der Waals surface area contributed by atoms with Crippen molar-refractivity contribution in [2.75, 3.05) is 5.32 Å². The van der Waals surface area contributed by atoms with E-state index in [2.05, 4.69) is 30.4 Å². The van der Waals surface area contributed by atoms with Gasteiger partial charge in [-0.25, -0.2) is 23.8 Å². The number of aryl methyl sites for hydroxylation is 2. The topological polar surface area (TPSA) is 108 Å². The van der Waals surface area contributed by atoms with Gasteiger partial charge < -0.3 is 10.1 Å². The van der Waals surface area contributed by atoms with Gasteiger partial charge in [0.05, 0.1) is 16.8 Å². The van der Waals surface area contributed by atoms with Crippen LogP contribution in [0.3, 0.4) is 0 Å². The number of pyridine rings is 1. The first-order valence-corrected chi connectivity index (χ1v) is 12.4. The monoisotopic (exact) mass is 535 g/mol. The Morgan fingerprint density at radius 3 is 2.73 bits per heavy atom. The fourth-order valence-corrected chi connectivity index (χ4v) is 4.18. The third-order valence-corrected chi connectivity index (χ3v) is 6.36. The van der Waals surface area contributed by atoms with E-state index in [1.807, 2.05) is 25.3 Å². The van der Waals surface area contributed by atoms with Gasteiger partial charge in [0.1, 0.15) is 16.5 Å². The SMILES string of the molecule is CCc1ccc(C(=O)Oc2cnc(Nc3ccc(F)c(Cl)c3)nc2-n2nc(-c3nccs3)cc2C)cn1. The van der Waals surface area contributed by atoms with Crippen molar-refractivity contribution in [3.63, 3.8) is 0 Å². The van der Waals surface area contributed by atoms with E-state index >= 15 is 0 Å². The van der Waals surface area contributed by atoms with Crippen LogP contribution >= 0.6 is 22.9 Å². The molecule has 4 aromatic heterocycles. The van der Waals surface area contributed by atoms with Crippen LogP contribution < -0.4 is 10.1 Å². The van der Waals surface area contributed by atoms with Crippen molar-refractivity contribution in [2.24, 2.45) is 0 Å². The molecule has 37 heavy (non-hydrogen) atoms. The highest BCUT2D eigenvalue weighted by Crippen LogP contribution is 2.29. The zero-order valence-corrected chi connectivity index (χ0v) is 21.2. The summed E-state index contributed by atoms with van der Waals surface area (Å²) < 4.78 is 20.8. The maximum Gasteiger partial charge on any atom is 0.345 e. The van der Waals surface area contributed by atoms with Crippen molar-refractivity contribution < 1.29 is 13.9 Å². The lowest BCUT2D eigenvalue weighted by atomic mass is 10.2. The molecule has 1 N–H and O–H groups in total. The summed E-state index contributed by atoms with van der Waals surface area (Å²) >= 11 is 7.35. The van der Waals surface area contributed by atoms with E-state index in [9.17, 15) is 9.18 Å². The molecule has 0 spiro atoms. The van der Waals surface area contributed by atoms with Crippen LogP contribution in [-0.4, -0.2) is 35.7 Å². The molecule has 5 aromatic rings. The predicted molar refractivity (Wildman–Crippen MR) is 138 cm³/mol. The average Bonchev–Trinajstić information content (AvgIpc) is 3.57. The number of hydrogen-bond acceptors (Lipinski definition) is 9. The van der Waals surface area contributed by atoms with Gasteiger partial charge in [-0.15, -0.1) is 11.3 Å². The number of thiazole rings is 1. The molecule has 0 saturated carbocycles. The van der Waals surface area contributed by atoms with Crippen LogP contribution in [0.2, 0.25) is 5.02 Å². The molecular weight excluding hydrogens is 517 g/mol. The number of benzene rings is 1. The van der Waals surface area contributed by atoms with E-state index in [0.29, 0.717) is 11.4 Å².